The highest BCUT2D eigenvalue weighted by molar-refractivity contribution is 7.99. The summed E-state index contributed by atoms with van der Waals surface area (Å²) < 4.78 is 14.2. The van der Waals surface area contributed by atoms with Crippen molar-refractivity contribution >= 4 is 17.7 Å². The molecule has 5 heteroatoms. The molecule has 0 amide bonds. The lowest BCUT2D eigenvalue weighted by atomic mass is 10.4. The standard InChI is InChI=1S/C5H11NO3S/c6-4(5(8)9)3-10-2-1-7/h4,7H,1-3,6H2,(H,8,9)/t4-/m0/s1/i3D,4D/t3-,4-. The predicted octanol–water partition coefficient (Wildman–Crippen LogP) is -0.876. The number of carboxylic acids is 1. The zero-order valence-electron chi connectivity index (χ0n) is 7.28. The molecule has 0 aliphatic heterocycles. The first-order valence-electron chi connectivity index (χ1n) is 3.67. The minimum atomic E-state index is -2.31. The maximum atomic E-state index is 10.3. The van der Waals surface area contributed by atoms with Crippen LogP contribution in [-0.2, 0) is 4.79 Å². The van der Waals surface area contributed by atoms with Crippen molar-refractivity contribution in [3.05, 3.63) is 0 Å². The van der Waals surface area contributed by atoms with Crippen LogP contribution in [0.2, 0.25) is 0 Å². The average molecular weight is 167 g/mol. The van der Waals surface area contributed by atoms with Crippen LogP contribution in [0.4, 0.5) is 0 Å². The van der Waals surface area contributed by atoms with Crippen LogP contribution in [0.15, 0.2) is 0 Å². The zero-order valence-corrected chi connectivity index (χ0v) is 6.10. The predicted molar refractivity (Wildman–Crippen MR) is 40.0 cm³/mol. The van der Waals surface area contributed by atoms with E-state index in [2.05, 4.69) is 0 Å². The molecule has 0 saturated carbocycles. The second kappa shape index (κ2) is 5.52. The molecule has 2 atom stereocenters. The van der Waals surface area contributed by atoms with E-state index in [9.17, 15) is 4.79 Å². The molecule has 4 nitrogen and oxygen atoms in total. The molecule has 0 aliphatic rings. The Labute approximate surface area is 66.2 Å². The van der Waals surface area contributed by atoms with Gasteiger partial charge in [0, 0.05) is 12.9 Å². The largest absolute Gasteiger partial charge is 0.480 e. The number of thioether (sulfide) groups is 1. The highest BCUT2D eigenvalue weighted by atomic mass is 32.2. The van der Waals surface area contributed by atoms with Crippen molar-refractivity contribution in [1.29, 1.82) is 0 Å². The first-order chi connectivity index (χ1) is 5.42. The highest BCUT2D eigenvalue weighted by Gasteiger charge is 2.09. The Morgan fingerprint density at radius 3 is 3.00 bits per heavy atom. The van der Waals surface area contributed by atoms with Crippen LogP contribution >= 0.6 is 11.8 Å². The lowest BCUT2D eigenvalue weighted by molar-refractivity contribution is -0.137. The lowest BCUT2D eigenvalue weighted by Crippen LogP contribution is -2.32. The number of rotatable bonds is 5. The summed E-state index contributed by atoms with van der Waals surface area (Å²) >= 11 is 0.835. The van der Waals surface area contributed by atoms with E-state index < -0.39 is 17.7 Å². The number of carbonyl (C=O) groups is 1. The van der Waals surface area contributed by atoms with Crippen molar-refractivity contribution < 1.29 is 17.7 Å². The van der Waals surface area contributed by atoms with E-state index in [1.54, 1.807) is 0 Å². The van der Waals surface area contributed by atoms with Gasteiger partial charge in [0.15, 0.2) is 0 Å². The average Bonchev–Trinajstić information content (AvgIpc) is 1.99. The molecule has 0 aromatic carbocycles. The summed E-state index contributed by atoms with van der Waals surface area (Å²) in [5, 5.41) is 16.8. The zero-order chi connectivity index (χ0) is 9.78. The molecule has 0 aromatic rings. The molecule has 0 aliphatic carbocycles. The number of carboxylic acid groups (broad SMARTS) is 1. The van der Waals surface area contributed by atoms with E-state index >= 15 is 0 Å². The summed E-state index contributed by atoms with van der Waals surface area (Å²) in [5.41, 5.74) is 3.73. The van der Waals surface area contributed by atoms with Gasteiger partial charge in [-0.1, -0.05) is 0 Å². The monoisotopic (exact) mass is 167 g/mol. The lowest BCUT2D eigenvalue weighted by Gasteiger charge is -2.03. The number of aliphatic hydroxyl groups excluding tert-OH is 1. The van der Waals surface area contributed by atoms with E-state index in [0.717, 1.165) is 11.8 Å². The molecular weight excluding hydrogens is 154 g/mol. The third-order valence-electron chi connectivity index (χ3n) is 0.666. The quantitative estimate of drug-likeness (QED) is 0.495. The van der Waals surface area contributed by atoms with Crippen LogP contribution in [0.25, 0.3) is 0 Å². The van der Waals surface area contributed by atoms with Crippen LogP contribution < -0.4 is 5.73 Å². The van der Waals surface area contributed by atoms with Gasteiger partial charge in [0.2, 0.25) is 0 Å². The fraction of sp³-hybridized carbons (Fsp3) is 0.800. The van der Waals surface area contributed by atoms with E-state index in [1.807, 2.05) is 0 Å². The molecule has 0 unspecified atom stereocenters. The third kappa shape index (κ3) is 4.60. The van der Waals surface area contributed by atoms with Gasteiger partial charge in [0.1, 0.15) is 6.02 Å². The van der Waals surface area contributed by atoms with Gasteiger partial charge in [-0.3, -0.25) is 4.79 Å². The Kier molecular flexibility index (Phi) is 3.56. The Balaban J connectivity index is 4.06. The molecule has 0 saturated heterocycles. The van der Waals surface area contributed by atoms with Crippen molar-refractivity contribution in [3.8, 4) is 0 Å². The molecule has 0 rings (SSSR count). The molecule has 4 N–H and O–H groups in total. The van der Waals surface area contributed by atoms with Gasteiger partial charge in [0.25, 0.3) is 0 Å². The molecular formula is C5H11NO3S. The Hall–Kier alpha value is -0.260. The molecule has 60 valence electrons. The highest BCUT2D eigenvalue weighted by Crippen LogP contribution is 1.99. The van der Waals surface area contributed by atoms with Crippen molar-refractivity contribution in [2.75, 3.05) is 18.1 Å². The second-order valence-corrected chi connectivity index (χ2v) is 2.45. The summed E-state index contributed by atoms with van der Waals surface area (Å²) in [6, 6.07) is -2.31. The van der Waals surface area contributed by atoms with Crippen LogP contribution in [0.3, 0.4) is 0 Å². The number of aliphatic hydroxyl groups is 1. The minimum absolute atomic E-state index is 0.157. The van der Waals surface area contributed by atoms with Gasteiger partial charge in [-0.2, -0.15) is 11.8 Å². The second-order valence-electron chi connectivity index (χ2n) is 1.47. The summed E-state index contributed by atoms with van der Waals surface area (Å²) in [6.07, 6.45) is 0. The Morgan fingerprint density at radius 2 is 2.60 bits per heavy atom. The van der Waals surface area contributed by atoms with E-state index in [1.165, 1.54) is 0 Å². The molecule has 10 heavy (non-hydrogen) atoms. The number of hydrogen-bond donors (Lipinski definition) is 3. The van der Waals surface area contributed by atoms with Gasteiger partial charge >= 0.3 is 5.97 Å². The minimum Gasteiger partial charge on any atom is -0.480 e. The molecule has 0 spiro atoms. The SMILES string of the molecule is [2H][C@H](SCCO)[C@]([2H])(N)C(=O)O. The van der Waals surface area contributed by atoms with Gasteiger partial charge in [0.05, 0.1) is 7.98 Å². The first kappa shape index (κ1) is 6.45. The van der Waals surface area contributed by atoms with Crippen LogP contribution in [0, 0.1) is 0 Å². The van der Waals surface area contributed by atoms with Crippen molar-refractivity contribution in [3.63, 3.8) is 0 Å². The third-order valence-corrected chi connectivity index (χ3v) is 1.51. The molecule has 0 radical (unpaired) electrons. The van der Waals surface area contributed by atoms with Gasteiger partial charge in [-0.05, 0) is 0 Å². The van der Waals surface area contributed by atoms with Crippen LogP contribution in [0.5, 0.6) is 0 Å². The smallest absolute Gasteiger partial charge is 0.321 e. The molecule has 0 heterocycles. The topological polar surface area (TPSA) is 83.5 Å². The van der Waals surface area contributed by atoms with Crippen molar-refractivity contribution in [1.82, 2.24) is 0 Å². The summed E-state index contributed by atoms with van der Waals surface area (Å²) in [6.45, 7) is -0.157. The number of hydrogen-bond acceptors (Lipinski definition) is 4. The number of nitrogens with two attached hydrogens (primary N) is 1. The maximum Gasteiger partial charge on any atom is 0.321 e. The van der Waals surface area contributed by atoms with Crippen LogP contribution in [0.1, 0.15) is 2.74 Å². The molecule has 0 fully saturated rings. The van der Waals surface area contributed by atoms with E-state index in [4.69, 9.17) is 18.7 Å². The normalized spacial score (nSPS) is 22.2. The Morgan fingerprint density at radius 1 is 2.00 bits per heavy atom. The van der Waals surface area contributed by atoms with Crippen molar-refractivity contribution in [2.45, 2.75) is 6.02 Å². The summed E-state index contributed by atoms with van der Waals surface area (Å²) in [7, 11) is 0. The molecule has 0 aromatic heterocycles. The number of aliphatic carboxylic acids is 1. The first-order valence-corrected chi connectivity index (χ1v) is 3.64. The van der Waals surface area contributed by atoms with Gasteiger partial charge in [-0.15, -0.1) is 0 Å². The van der Waals surface area contributed by atoms with Gasteiger partial charge in [-0.25, -0.2) is 0 Å². The maximum absolute atomic E-state index is 10.3. The summed E-state index contributed by atoms with van der Waals surface area (Å²) in [5.74, 6) is -1.33. The fourth-order valence-corrected chi connectivity index (χ4v) is 0.755. The fourth-order valence-electron chi connectivity index (χ4n) is 0.252. The van der Waals surface area contributed by atoms with Gasteiger partial charge < -0.3 is 15.9 Å². The van der Waals surface area contributed by atoms with E-state index in [0.29, 0.717) is 0 Å². The van der Waals surface area contributed by atoms with E-state index in [-0.39, 0.29) is 12.4 Å². The summed E-state index contributed by atoms with van der Waals surface area (Å²) in [4.78, 5) is 10.3. The van der Waals surface area contributed by atoms with Crippen LogP contribution in [-0.4, -0.2) is 40.3 Å². The van der Waals surface area contributed by atoms with Crippen molar-refractivity contribution in [2.24, 2.45) is 5.73 Å². The Bertz CT molecular complexity index is 167. The molecule has 0 bridgehead atoms.